The third kappa shape index (κ3) is 4.17. The van der Waals surface area contributed by atoms with Crippen LogP contribution in [-0.4, -0.2) is 78.8 Å². The van der Waals surface area contributed by atoms with Gasteiger partial charge in [-0.05, 0) is 67.3 Å². The molecule has 5 fully saturated rings. The van der Waals surface area contributed by atoms with Gasteiger partial charge in [-0.15, -0.1) is 0 Å². The van der Waals surface area contributed by atoms with E-state index in [9.17, 15) is 0 Å². The Bertz CT molecular complexity index is 1530. The number of benzene rings is 2. The average molecular weight is 559 g/mol. The second-order valence-electron chi connectivity index (χ2n) is 12.1. The van der Waals surface area contributed by atoms with E-state index >= 15 is 0 Å². The molecule has 0 aliphatic carbocycles. The van der Waals surface area contributed by atoms with E-state index in [0.29, 0.717) is 5.92 Å². The first-order chi connectivity index (χ1) is 19.7. The summed E-state index contributed by atoms with van der Waals surface area (Å²) in [4.78, 5) is 8.36. The van der Waals surface area contributed by atoms with Gasteiger partial charge in [-0.2, -0.15) is 10.1 Å². The minimum Gasteiger partial charge on any atom is -0.381 e. The summed E-state index contributed by atoms with van der Waals surface area (Å²) < 4.78 is 15.1. The van der Waals surface area contributed by atoms with Crippen LogP contribution in [0.25, 0.3) is 32.8 Å². The molecule has 40 heavy (non-hydrogen) atoms. The number of aromatic nitrogens is 3. The van der Waals surface area contributed by atoms with Crippen LogP contribution in [-0.2, 0) is 9.47 Å². The van der Waals surface area contributed by atoms with Gasteiger partial charge in [0.15, 0.2) is 6.23 Å². The van der Waals surface area contributed by atoms with Gasteiger partial charge in [0.1, 0.15) is 0 Å². The highest BCUT2D eigenvalue weighted by Gasteiger charge is 2.43. The highest BCUT2D eigenvalue weighted by Crippen LogP contribution is 2.45. The third-order valence-electron chi connectivity index (χ3n) is 9.88. The predicted molar refractivity (Wildman–Crippen MR) is 160 cm³/mol. The lowest BCUT2D eigenvalue weighted by atomic mass is 9.86. The van der Waals surface area contributed by atoms with Crippen molar-refractivity contribution in [2.75, 3.05) is 59.1 Å². The summed E-state index contributed by atoms with van der Waals surface area (Å²) in [5.74, 6) is 1.63. The zero-order valence-corrected chi connectivity index (χ0v) is 23.8. The molecular weight excluding hydrogens is 522 g/mol. The Labute approximate surface area is 240 Å². The lowest BCUT2D eigenvalue weighted by Crippen LogP contribution is -2.68. The summed E-state index contributed by atoms with van der Waals surface area (Å²) in [6.45, 7) is 9.19. The molecular formula is C32H37ClN5O2+. The number of ether oxygens (including phenoxy) is 2. The van der Waals surface area contributed by atoms with Crippen LogP contribution in [0.2, 0.25) is 5.02 Å². The molecule has 0 radical (unpaired) electrons. The number of halogens is 1. The monoisotopic (exact) mass is 558 g/mol. The molecule has 7 nitrogen and oxygen atoms in total. The third-order valence-corrected chi connectivity index (χ3v) is 10.1. The standard InChI is InChI=1S/C32H37ClN5O2/c33-25-6-4-22(5-7-25)30-26-19-24-21-34-37(29-3-1-2-16-40-29)28(24)20-27(26)32(35-31(30)23-8-17-39-18-9-23)38-13-10-36(11-14-38)12-15-38/h4-7,19-21,23,29H,1-3,8-18H2/q+1. The molecule has 5 aliphatic rings. The lowest BCUT2D eigenvalue weighted by Gasteiger charge is -2.49. The fraction of sp³-hybridized carbons (Fsp3) is 0.500. The highest BCUT2D eigenvalue weighted by molar-refractivity contribution is 6.30. The quantitative estimate of drug-likeness (QED) is 0.282. The van der Waals surface area contributed by atoms with Gasteiger partial charge in [0, 0.05) is 61.3 Å². The molecule has 5 aliphatic heterocycles. The van der Waals surface area contributed by atoms with E-state index in [1.165, 1.54) is 39.8 Å². The van der Waals surface area contributed by atoms with Crippen LogP contribution < -0.4 is 4.48 Å². The number of fused-ring (bicyclic) bond motifs is 5. The van der Waals surface area contributed by atoms with E-state index in [2.05, 4.69) is 33.8 Å². The molecule has 5 saturated heterocycles. The van der Waals surface area contributed by atoms with Gasteiger partial charge in [-0.25, -0.2) is 4.68 Å². The minimum atomic E-state index is 0.00271. The van der Waals surface area contributed by atoms with Crippen molar-refractivity contribution in [3.8, 4) is 11.1 Å². The van der Waals surface area contributed by atoms with E-state index in [4.69, 9.17) is 31.2 Å². The van der Waals surface area contributed by atoms with Crippen LogP contribution >= 0.6 is 11.6 Å². The van der Waals surface area contributed by atoms with Gasteiger partial charge in [-0.3, -0.25) is 9.38 Å². The Kier molecular flexibility index (Phi) is 6.34. The van der Waals surface area contributed by atoms with Crippen molar-refractivity contribution < 1.29 is 9.47 Å². The lowest BCUT2D eigenvalue weighted by molar-refractivity contribution is -0.0366. The molecule has 0 saturated carbocycles. The van der Waals surface area contributed by atoms with Crippen molar-refractivity contribution in [2.24, 2.45) is 0 Å². The summed E-state index contributed by atoms with van der Waals surface area (Å²) >= 11 is 6.37. The minimum absolute atomic E-state index is 0.00271. The van der Waals surface area contributed by atoms with Crippen molar-refractivity contribution in [1.29, 1.82) is 0 Å². The summed E-state index contributed by atoms with van der Waals surface area (Å²) in [6, 6.07) is 13.1. The maximum absolute atomic E-state index is 6.37. The molecule has 8 heteroatoms. The molecule has 4 aromatic rings. The molecule has 0 N–H and O–H groups in total. The Morgan fingerprint density at radius 1 is 0.875 bits per heavy atom. The van der Waals surface area contributed by atoms with Gasteiger partial charge in [0.25, 0.3) is 0 Å². The Morgan fingerprint density at radius 2 is 1.65 bits per heavy atom. The normalized spacial score (nSPS) is 27.5. The Balaban J connectivity index is 1.42. The predicted octanol–water partition coefficient (Wildman–Crippen LogP) is 6.13. The summed E-state index contributed by atoms with van der Waals surface area (Å²) in [5.41, 5.74) is 4.81. The van der Waals surface area contributed by atoms with E-state index in [1.807, 2.05) is 18.3 Å². The number of hydrogen-bond donors (Lipinski definition) is 0. The van der Waals surface area contributed by atoms with Crippen LogP contribution in [0.15, 0.2) is 42.6 Å². The van der Waals surface area contributed by atoms with Crippen molar-refractivity contribution >= 4 is 39.1 Å². The number of hydrogen-bond acceptors (Lipinski definition) is 5. The van der Waals surface area contributed by atoms with Gasteiger partial charge in [0.2, 0.25) is 5.82 Å². The molecule has 1 atom stereocenters. The number of quaternary nitrogens is 1. The number of nitrogens with zero attached hydrogens (tertiary/aromatic N) is 5. The van der Waals surface area contributed by atoms with Crippen LogP contribution in [0.4, 0.5) is 5.82 Å². The van der Waals surface area contributed by atoms with Crippen molar-refractivity contribution in [3.63, 3.8) is 0 Å². The molecule has 2 aromatic heterocycles. The van der Waals surface area contributed by atoms with Gasteiger partial charge in [0.05, 0.1) is 42.4 Å². The van der Waals surface area contributed by atoms with Crippen LogP contribution in [0, 0.1) is 0 Å². The number of rotatable bonds is 4. The van der Waals surface area contributed by atoms with Crippen LogP contribution in [0.3, 0.4) is 0 Å². The summed E-state index contributed by atoms with van der Waals surface area (Å²) in [6.07, 6.45) is 7.36. The summed E-state index contributed by atoms with van der Waals surface area (Å²) in [7, 11) is 0. The number of pyridine rings is 1. The molecule has 2 aromatic carbocycles. The van der Waals surface area contributed by atoms with Crippen LogP contribution in [0.5, 0.6) is 0 Å². The number of piperazine rings is 3. The molecule has 9 rings (SSSR count). The van der Waals surface area contributed by atoms with Crippen molar-refractivity contribution in [1.82, 2.24) is 24.1 Å². The highest BCUT2D eigenvalue weighted by atomic mass is 35.5. The van der Waals surface area contributed by atoms with E-state index in [1.54, 1.807) is 0 Å². The van der Waals surface area contributed by atoms with E-state index in [-0.39, 0.29) is 6.23 Å². The average Bonchev–Trinajstić information content (AvgIpc) is 3.44. The topological polar surface area (TPSA) is 52.4 Å². The molecule has 2 bridgehead atoms. The first-order valence-corrected chi connectivity index (χ1v) is 15.5. The Hall–Kier alpha value is -2.55. The van der Waals surface area contributed by atoms with E-state index in [0.717, 1.165) is 105 Å². The van der Waals surface area contributed by atoms with Gasteiger partial charge >= 0.3 is 0 Å². The smallest absolute Gasteiger partial charge is 0.236 e. The SMILES string of the molecule is Clc1ccc(-c2c(C3CCOCC3)nc([N+]34CCN(CC3)CC4)c3cc4c(cnn4C4CCCCO4)cc23)cc1. The van der Waals surface area contributed by atoms with Crippen molar-refractivity contribution in [2.45, 2.75) is 44.2 Å². The van der Waals surface area contributed by atoms with Crippen LogP contribution in [0.1, 0.15) is 49.9 Å². The first kappa shape index (κ1) is 25.2. The Morgan fingerprint density at radius 3 is 2.38 bits per heavy atom. The zero-order valence-electron chi connectivity index (χ0n) is 23.0. The van der Waals surface area contributed by atoms with E-state index < -0.39 is 0 Å². The molecule has 0 amide bonds. The maximum atomic E-state index is 6.37. The fourth-order valence-electron chi connectivity index (χ4n) is 7.53. The molecule has 1 unspecified atom stereocenters. The first-order valence-electron chi connectivity index (χ1n) is 15.1. The van der Waals surface area contributed by atoms with Gasteiger partial charge in [-0.1, -0.05) is 23.7 Å². The molecule has 7 heterocycles. The molecule has 208 valence electrons. The summed E-state index contributed by atoms with van der Waals surface area (Å²) in [5, 5.41) is 9.35. The maximum Gasteiger partial charge on any atom is 0.236 e. The second-order valence-corrected chi connectivity index (χ2v) is 12.6. The zero-order chi connectivity index (χ0) is 26.7. The second kappa shape index (κ2) is 10.1. The van der Waals surface area contributed by atoms with Crippen molar-refractivity contribution in [3.05, 3.63) is 53.3 Å². The van der Waals surface area contributed by atoms with Gasteiger partial charge < -0.3 is 9.47 Å². The largest absolute Gasteiger partial charge is 0.381 e. The molecule has 0 spiro atoms. The fourth-order valence-corrected chi connectivity index (χ4v) is 7.66.